The van der Waals surface area contributed by atoms with Crippen LogP contribution < -0.4 is 19.6 Å². The first kappa shape index (κ1) is 30.8. The molecule has 0 saturated carbocycles. The van der Waals surface area contributed by atoms with Gasteiger partial charge in [0.25, 0.3) is 5.91 Å². The van der Waals surface area contributed by atoms with Gasteiger partial charge in [-0.05, 0) is 76.5 Å². The lowest BCUT2D eigenvalue weighted by Gasteiger charge is -2.23. The Balaban J connectivity index is 1.60. The number of nitrogens with one attached hydrogen (secondary N) is 2. The van der Waals surface area contributed by atoms with Gasteiger partial charge < -0.3 is 24.3 Å². The Morgan fingerprint density at radius 2 is 1.95 bits per heavy atom. The Bertz CT molecular complexity index is 1670. The van der Waals surface area contributed by atoms with Gasteiger partial charge >= 0.3 is 16.2 Å². The van der Waals surface area contributed by atoms with E-state index in [9.17, 15) is 18.0 Å². The first-order chi connectivity index (χ1) is 20.3. The summed E-state index contributed by atoms with van der Waals surface area (Å²) in [6, 6.07) is 9.79. The minimum Gasteiger partial charge on any atom is -0.493 e. The molecule has 11 nitrogen and oxygen atoms in total. The molecule has 232 valence electrons. The molecule has 0 bridgehead atoms. The van der Waals surface area contributed by atoms with Crippen LogP contribution in [0, 0.1) is 0 Å². The van der Waals surface area contributed by atoms with Crippen molar-refractivity contribution in [3.05, 3.63) is 47.0 Å². The van der Waals surface area contributed by atoms with Crippen LogP contribution in [0.4, 0.5) is 4.79 Å². The number of amides is 1. The van der Waals surface area contributed by atoms with Gasteiger partial charge in [0.05, 0.1) is 30.1 Å². The van der Waals surface area contributed by atoms with Crippen molar-refractivity contribution in [3.63, 3.8) is 0 Å². The van der Waals surface area contributed by atoms with Gasteiger partial charge in [-0.15, -0.1) is 0 Å². The molecular weight excluding hydrogens is 572 g/mol. The second-order valence-electron chi connectivity index (χ2n) is 12.1. The van der Waals surface area contributed by atoms with Crippen molar-refractivity contribution in [3.8, 4) is 22.8 Å². The third-order valence-electron chi connectivity index (χ3n) is 7.78. The quantitative estimate of drug-likeness (QED) is 0.341. The van der Waals surface area contributed by atoms with Gasteiger partial charge in [-0.3, -0.25) is 9.69 Å². The molecule has 2 aliphatic heterocycles. The maximum absolute atomic E-state index is 13.7. The number of carbonyl (C=O) groups is 2. The summed E-state index contributed by atoms with van der Waals surface area (Å²) in [6.45, 7) is 11.4. The molecule has 1 unspecified atom stereocenters. The fourth-order valence-electron chi connectivity index (χ4n) is 5.98. The number of rotatable bonds is 9. The lowest BCUT2D eigenvalue weighted by molar-refractivity contribution is 0.0546. The smallest absolute Gasteiger partial charge is 0.419 e. The summed E-state index contributed by atoms with van der Waals surface area (Å²) in [5, 5.41) is 7.13. The number of nitrogens with zero attached hydrogens (tertiary/aromatic N) is 2. The molecule has 1 aromatic heterocycles. The van der Waals surface area contributed by atoms with Gasteiger partial charge in [0, 0.05) is 42.2 Å². The monoisotopic (exact) mass is 612 g/mol. The molecule has 2 aliphatic rings. The van der Waals surface area contributed by atoms with Crippen LogP contribution in [0.15, 0.2) is 30.3 Å². The molecule has 0 spiro atoms. The number of hydrogen-bond donors (Lipinski definition) is 2. The van der Waals surface area contributed by atoms with E-state index in [1.807, 2.05) is 24.3 Å². The summed E-state index contributed by atoms with van der Waals surface area (Å²) in [7, 11) is -2.53. The molecule has 0 radical (unpaired) electrons. The lowest BCUT2D eigenvalue weighted by Crippen LogP contribution is -2.37. The molecule has 3 aromatic rings. The minimum absolute atomic E-state index is 0.0438. The van der Waals surface area contributed by atoms with Crippen molar-refractivity contribution in [1.82, 2.24) is 20.1 Å². The van der Waals surface area contributed by atoms with Crippen LogP contribution in [0.25, 0.3) is 22.2 Å². The first-order valence-electron chi connectivity index (χ1n) is 14.5. The molecule has 0 aliphatic carbocycles. The zero-order chi connectivity index (χ0) is 31.1. The summed E-state index contributed by atoms with van der Waals surface area (Å²) in [5.74, 6) is -0.348. The highest BCUT2D eigenvalue weighted by molar-refractivity contribution is 7.86. The topological polar surface area (TPSA) is 128 Å². The Morgan fingerprint density at radius 1 is 1.19 bits per heavy atom. The molecule has 43 heavy (non-hydrogen) atoms. The lowest BCUT2D eigenvalue weighted by atomic mass is 9.98. The number of aromatic nitrogens is 1. The molecular formula is C31H40N4O7S. The summed E-state index contributed by atoms with van der Waals surface area (Å²) in [6.07, 6.45) is 2.74. The van der Waals surface area contributed by atoms with E-state index in [1.165, 1.54) is 30.6 Å². The van der Waals surface area contributed by atoms with Crippen LogP contribution in [-0.2, 0) is 27.9 Å². The van der Waals surface area contributed by atoms with Gasteiger partial charge in [0.2, 0.25) is 0 Å². The van der Waals surface area contributed by atoms with Crippen LogP contribution >= 0.6 is 0 Å². The van der Waals surface area contributed by atoms with E-state index >= 15 is 0 Å². The number of ether oxygens (including phenoxy) is 2. The Kier molecular flexibility index (Phi) is 8.47. The minimum atomic E-state index is -3.92. The highest BCUT2D eigenvalue weighted by Crippen LogP contribution is 2.44. The second-order valence-corrected chi connectivity index (χ2v) is 13.6. The van der Waals surface area contributed by atoms with Crippen LogP contribution in [-0.4, -0.2) is 74.5 Å². The van der Waals surface area contributed by atoms with E-state index in [0.29, 0.717) is 34.9 Å². The average molecular weight is 613 g/mol. The maximum Gasteiger partial charge on any atom is 0.419 e. The fourth-order valence-corrected chi connectivity index (χ4v) is 6.46. The maximum atomic E-state index is 13.7. The van der Waals surface area contributed by atoms with E-state index in [1.54, 1.807) is 20.8 Å². The van der Waals surface area contributed by atoms with Crippen LogP contribution in [0.3, 0.4) is 0 Å². The molecule has 12 heteroatoms. The van der Waals surface area contributed by atoms with E-state index in [2.05, 4.69) is 22.5 Å². The van der Waals surface area contributed by atoms with E-state index in [0.717, 1.165) is 36.8 Å². The third-order valence-corrected chi connectivity index (χ3v) is 8.25. The highest BCUT2D eigenvalue weighted by Gasteiger charge is 2.34. The van der Waals surface area contributed by atoms with Crippen LogP contribution in [0.1, 0.15) is 62.0 Å². The molecule has 1 saturated heterocycles. The molecule has 5 rings (SSSR count). The molecule has 1 atom stereocenters. The average Bonchev–Trinajstić information content (AvgIpc) is 3.64. The molecule has 2 aromatic carbocycles. The summed E-state index contributed by atoms with van der Waals surface area (Å²) in [5.41, 5.74) is 2.25. The zero-order valence-corrected chi connectivity index (χ0v) is 26.4. The van der Waals surface area contributed by atoms with Gasteiger partial charge in [-0.1, -0.05) is 13.0 Å². The summed E-state index contributed by atoms with van der Waals surface area (Å²) < 4.78 is 42.1. The fraction of sp³-hybridized carbons (Fsp3) is 0.484. The SMILES string of the molecule is CCN1CCCC1CNCc1ccc2c(c1)cc(-c1cc(OC)c(OS(C)(=O)=O)c3c1C(=O)NC3)n2C(=O)OC(C)(C)C. The Morgan fingerprint density at radius 3 is 2.63 bits per heavy atom. The summed E-state index contributed by atoms with van der Waals surface area (Å²) in [4.78, 5) is 29.3. The van der Waals surface area contributed by atoms with Gasteiger partial charge in [-0.25, -0.2) is 9.36 Å². The molecule has 3 heterocycles. The zero-order valence-electron chi connectivity index (χ0n) is 25.6. The van der Waals surface area contributed by atoms with E-state index in [-0.39, 0.29) is 23.6 Å². The van der Waals surface area contributed by atoms with Gasteiger partial charge in [0.15, 0.2) is 11.5 Å². The third kappa shape index (κ3) is 6.51. The number of hydrogen-bond acceptors (Lipinski definition) is 9. The van der Waals surface area contributed by atoms with Crippen LogP contribution in [0.2, 0.25) is 0 Å². The number of carbonyl (C=O) groups excluding carboxylic acids is 2. The van der Waals surface area contributed by atoms with E-state index in [4.69, 9.17) is 13.7 Å². The van der Waals surface area contributed by atoms with Crippen molar-refractivity contribution in [1.29, 1.82) is 0 Å². The Hall–Kier alpha value is -3.61. The largest absolute Gasteiger partial charge is 0.493 e. The standard InChI is InChI=1S/C31H40N4O7S/c1-7-34-12-8-9-21(34)17-32-16-19-10-11-24-20(13-19)14-25(35(24)30(37)41-31(2,3)4)22-15-26(40-5)28(42-43(6,38)39)23-18-33-29(36)27(22)23/h10-11,13-15,21,32H,7-9,12,16-18H2,1-6H3,(H,33,36). The van der Waals surface area contributed by atoms with Crippen LogP contribution in [0.5, 0.6) is 11.5 Å². The molecule has 1 amide bonds. The number of methoxy groups -OCH3 is 1. The van der Waals surface area contributed by atoms with E-state index < -0.39 is 27.7 Å². The number of benzene rings is 2. The van der Waals surface area contributed by atoms with Crippen molar-refractivity contribution in [2.24, 2.45) is 0 Å². The van der Waals surface area contributed by atoms with Gasteiger partial charge in [-0.2, -0.15) is 8.42 Å². The van der Waals surface area contributed by atoms with Crippen molar-refractivity contribution in [2.75, 3.05) is 33.0 Å². The predicted octanol–water partition coefficient (Wildman–Crippen LogP) is 4.26. The van der Waals surface area contributed by atoms with Crippen molar-refractivity contribution in [2.45, 2.75) is 65.3 Å². The van der Waals surface area contributed by atoms with Crippen molar-refractivity contribution >= 4 is 33.0 Å². The Labute approximate surface area is 252 Å². The van der Waals surface area contributed by atoms with Gasteiger partial charge in [0.1, 0.15) is 5.60 Å². The predicted molar refractivity (Wildman–Crippen MR) is 164 cm³/mol. The van der Waals surface area contributed by atoms with Crippen molar-refractivity contribution < 1.29 is 31.7 Å². The first-order valence-corrected chi connectivity index (χ1v) is 16.4. The number of likely N-dealkylation sites (N-methyl/N-ethyl adjacent to an activating group) is 1. The highest BCUT2D eigenvalue weighted by atomic mass is 32.2. The molecule has 1 fully saturated rings. The number of fused-ring (bicyclic) bond motifs is 2. The molecule has 2 N–H and O–H groups in total. The summed E-state index contributed by atoms with van der Waals surface area (Å²) >= 11 is 0. The number of likely N-dealkylation sites (tertiary alicyclic amines) is 1. The second kappa shape index (κ2) is 11.8. The normalized spacial score (nSPS) is 17.3.